The molecule has 18 heavy (non-hydrogen) atoms. The van der Waals surface area contributed by atoms with Crippen LogP contribution in [0, 0.1) is 11.7 Å². The summed E-state index contributed by atoms with van der Waals surface area (Å²) in [6.07, 6.45) is 1.04. The molecule has 1 aliphatic heterocycles. The van der Waals surface area contributed by atoms with Crippen LogP contribution in [0.15, 0.2) is 24.3 Å². The Morgan fingerprint density at radius 3 is 2.94 bits per heavy atom. The largest absolute Gasteiger partial charge is 0.381 e. The lowest BCUT2D eigenvalue weighted by Gasteiger charge is -2.35. The highest BCUT2D eigenvalue weighted by molar-refractivity contribution is 5.47. The second-order valence-electron chi connectivity index (χ2n) is 4.69. The van der Waals surface area contributed by atoms with E-state index in [1.165, 1.54) is 6.07 Å². The van der Waals surface area contributed by atoms with Crippen molar-refractivity contribution in [2.75, 3.05) is 31.2 Å². The number of hydrogen-bond acceptors (Lipinski definition) is 3. The predicted octanol–water partition coefficient (Wildman–Crippen LogP) is 2.02. The summed E-state index contributed by atoms with van der Waals surface area (Å²) in [6, 6.07) is 6.94. The first-order valence-electron chi connectivity index (χ1n) is 6.56. The maximum atomic E-state index is 13.3. The van der Waals surface area contributed by atoms with Gasteiger partial charge in [0.2, 0.25) is 0 Å². The van der Waals surface area contributed by atoms with E-state index in [2.05, 4.69) is 11.8 Å². The smallest absolute Gasteiger partial charge is 0.125 e. The van der Waals surface area contributed by atoms with Gasteiger partial charge in [-0.2, -0.15) is 0 Å². The van der Waals surface area contributed by atoms with Gasteiger partial charge in [0, 0.05) is 37.3 Å². The molecule has 0 spiro atoms. The molecule has 2 atom stereocenters. The third-order valence-corrected chi connectivity index (χ3v) is 3.63. The van der Waals surface area contributed by atoms with Crippen LogP contribution in [-0.4, -0.2) is 32.3 Å². The highest BCUT2D eigenvalue weighted by Crippen LogP contribution is 2.25. The lowest BCUT2D eigenvalue weighted by Crippen LogP contribution is -2.46. The Morgan fingerprint density at radius 1 is 1.56 bits per heavy atom. The third-order valence-electron chi connectivity index (χ3n) is 3.63. The van der Waals surface area contributed by atoms with Crippen molar-refractivity contribution in [3.8, 4) is 0 Å². The summed E-state index contributed by atoms with van der Waals surface area (Å²) in [4.78, 5) is 2.18. The summed E-state index contributed by atoms with van der Waals surface area (Å²) < 4.78 is 18.8. The van der Waals surface area contributed by atoms with Gasteiger partial charge in [-0.05, 0) is 31.5 Å². The fraction of sp³-hybridized carbons (Fsp3) is 0.571. The monoisotopic (exact) mass is 252 g/mol. The van der Waals surface area contributed by atoms with E-state index >= 15 is 0 Å². The minimum atomic E-state index is -0.204. The van der Waals surface area contributed by atoms with Crippen LogP contribution in [-0.2, 0) is 4.74 Å². The SMILES string of the molecule is CCN(c1cccc(F)c1)C(CN)C1CCOC1. The number of benzene rings is 1. The molecule has 0 aliphatic carbocycles. The number of halogens is 1. The number of ether oxygens (including phenoxy) is 1. The van der Waals surface area contributed by atoms with Crippen molar-refractivity contribution < 1.29 is 9.13 Å². The molecule has 0 saturated carbocycles. The van der Waals surface area contributed by atoms with Crippen LogP contribution in [0.3, 0.4) is 0 Å². The molecule has 1 aromatic carbocycles. The van der Waals surface area contributed by atoms with Crippen LogP contribution < -0.4 is 10.6 Å². The molecule has 0 amide bonds. The van der Waals surface area contributed by atoms with Crippen molar-refractivity contribution in [2.24, 2.45) is 11.7 Å². The van der Waals surface area contributed by atoms with E-state index in [4.69, 9.17) is 10.5 Å². The van der Waals surface area contributed by atoms with Crippen LogP contribution in [0.5, 0.6) is 0 Å². The molecule has 0 radical (unpaired) electrons. The fourth-order valence-electron chi connectivity index (χ4n) is 2.69. The minimum absolute atomic E-state index is 0.204. The Hall–Kier alpha value is -1.13. The Balaban J connectivity index is 2.19. The zero-order valence-electron chi connectivity index (χ0n) is 10.8. The van der Waals surface area contributed by atoms with E-state index in [0.29, 0.717) is 12.5 Å². The first-order valence-corrected chi connectivity index (χ1v) is 6.56. The molecule has 1 saturated heterocycles. The van der Waals surface area contributed by atoms with Gasteiger partial charge in [0.25, 0.3) is 0 Å². The van der Waals surface area contributed by atoms with Gasteiger partial charge in [-0.1, -0.05) is 6.07 Å². The average molecular weight is 252 g/mol. The Morgan fingerprint density at radius 2 is 2.39 bits per heavy atom. The summed E-state index contributed by atoms with van der Waals surface area (Å²) in [6.45, 7) is 5.03. The second-order valence-corrected chi connectivity index (χ2v) is 4.69. The lowest BCUT2D eigenvalue weighted by atomic mass is 9.97. The number of nitrogens with zero attached hydrogens (tertiary/aromatic N) is 1. The second kappa shape index (κ2) is 6.16. The van der Waals surface area contributed by atoms with E-state index in [9.17, 15) is 4.39 Å². The van der Waals surface area contributed by atoms with Gasteiger partial charge < -0.3 is 15.4 Å². The molecular weight excluding hydrogens is 231 g/mol. The van der Waals surface area contributed by atoms with E-state index in [0.717, 1.165) is 31.9 Å². The van der Waals surface area contributed by atoms with Gasteiger partial charge in [-0.15, -0.1) is 0 Å². The standard InChI is InChI=1S/C14H21FN2O/c1-2-17(13-5-3-4-12(15)8-13)14(9-16)11-6-7-18-10-11/h3-5,8,11,14H,2,6-7,9-10,16H2,1H3. The first kappa shape index (κ1) is 13.3. The molecule has 2 unspecified atom stereocenters. The number of hydrogen-bond donors (Lipinski definition) is 1. The van der Waals surface area contributed by atoms with Crippen molar-refractivity contribution >= 4 is 5.69 Å². The van der Waals surface area contributed by atoms with E-state index in [1.807, 2.05) is 6.07 Å². The molecule has 2 N–H and O–H groups in total. The molecule has 4 heteroatoms. The van der Waals surface area contributed by atoms with Gasteiger partial charge >= 0.3 is 0 Å². The summed E-state index contributed by atoms with van der Waals surface area (Å²) in [5.41, 5.74) is 6.82. The number of rotatable bonds is 5. The van der Waals surface area contributed by atoms with Crippen LogP contribution in [0.4, 0.5) is 10.1 Å². The normalized spacial score (nSPS) is 20.9. The highest BCUT2D eigenvalue weighted by Gasteiger charge is 2.29. The molecular formula is C14H21FN2O. The molecule has 1 heterocycles. The summed E-state index contributed by atoms with van der Waals surface area (Å²) in [7, 11) is 0. The van der Waals surface area contributed by atoms with Crippen LogP contribution in [0.2, 0.25) is 0 Å². The van der Waals surface area contributed by atoms with Gasteiger partial charge in [0.05, 0.1) is 6.61 Å². The molecule has 0 bridgehead atoms. The predicted molar refractivity (Wildman–Crippen MR) is 71.2 cm³/mol. The summed E-state index contributed by atoms with van der Waals surface area (Å²) in [5.74, 6) is 0.239. The Bertz CT molecular complexity index is 380. The number of likely N-dealkylation sites (N-methyl/N-ethyl adjacent to an activating group) is 1. The van der Waals surface area contributed by atoms with Gasteiger partial charge in [-0.3, -0.25) is 0 Å². The quantitative estimate of drug-likeness (QED) is 0.871. The van der Waals surface area contributed by atoms with Crippen LogP contribution >= 0.6 is 0 Å². The minimum Gasteiger partial charge on any atom is -0.381 e. The van der Waals surface area contributed by atoms with Crippen molar-refractivity contribution in [3.05, 3.63) is 30.1 Å². The van der Waals surface area contributed by atoms with E-state index in [-0.39, 0.29) is 11.9 Å². The fourth-order valence-corrected chi connectivity index (χ4v) is 2.69. The molecule has 1 fully saturated rings. The zero-order valence-corrected chi connectivity index (χ0v) is 10.8. The molecule has 2 rings (SSSR count). The van der Waals surface area contributed by atoms with Gasteiger partial charge in [0.1, 0.15) is 5.82 Å². The van der Waals surface area contributed by atoms with Crippen LogP contribution in [0.1, 0.15) is 13.3 Å². The molecule has 0 aromatic heterocycles. The van der Waals surface area contributed by atoms with E-state index < -0.39 is 0 Å². The van der Waals surface area contributed by atoms with Crippen molar-refractivity contribution in [3.63, 3.8) is 0 Å². The maximum Gasteiger partial charge on any atom is 0.125 e. The number of nitrogens with two attached hydrogens (primary N) is 1. The molecule has 100 valence electrons. The Kier molecular flexibility index (Phi) is 4.55. The van der Waals surface area contributed by atoms with Gasteiger partial charge in [0.15, 0.2) is 0 Å². The van der Waals surface area contributed by atoms with Crippen molar-refractivity contribution in [1.29, 1.82) is 0 Å². The molecule has 1 aliphatic rings. The lowest BCUT2D eigenvalue weighted by molar-refractivity contribution is 0.180. The van der Waals surface area contributed by atoms with Gasteiger partial charge in [-0.25, -0.2) is 4.39 Å². The topological polar surface area (TPSA) is 38.5 Å². The highest BCUT2D eigenvalue weighted by atomic mass is 19.1. The van der Waals surface area contributed by atoms with Crippen molar-refractivity contribution in [1.82, 2.24) is 0 Å². The summed E-state index contributed by atoms with van der Waals surface area (Å²) >= 11 is 0. The molecule has 1 aromatic rings. The van der Waals surface area contributed by atoms with Crippen LogP contribution in [0.25, 0.3) is 0 Å². The van der Waals surface area contributed by atoms with E-state index in [1.54, 1.807) is 12.1 Å². The number of anilines is 1. The Labute approximate surface area is 108 Å². The average Bonchev–Trinajstić information content (AvgIpc) is 2.89. The van der Waals surface area contributed by atoms with Crippen molar-refractivity contribution in [2.45, 2.75) is 19.4 Å². The first-order chi connectivity index (χ1) is 8.76. The molecule has 3 nitrogen and oxygen atoms in total. The maximum absolute atomic E-state index is 13.3. The summed E-state index contributed by atoms with van der Waals surface area (Å²) in [5, 5.41) is 0. The zero-order chi connectivity index (χ0) is 13.0. The third kappa shape index (κ3) is 2.82.